The van der Waals surface area contributed by atoms with Crippen molar-refractivity contribution >= 4 is 23.2 Å². The molecule has 0 radical (unpaired) electrons. The third-order valence-electron chi connectivity index (χ3n) is 3.83. The van der Waals surface area contributed by atoms with Crippen LogP contribution in [0.3, 0.4) is 0 Å². The van der Waals surface area contributed by atoms with E-state index in [1.54, 1.807) is 35.7 Å². The second-order valence-corrected chi connectivity index (χ2v) is 6.49. The Kier molecular flexibility index (Phi) is 5.98. The molecule has 2 aromatic carbocycles. The summed E-state index contributed by atoms with van der Waals surface area (Å²) in [5, 5.41) is 15.1. The molecule has 0 saturated heterocycles. The van der Waals surface area contributed by atoms with E-state index in [0.717, 1.165) is 11.1 Å². The molecule has 1 aromatic heterocycles. The van der Waals surface area contributed by atoms with Gasteiger partial charge < -0.3 is 10.1 Å². The van der Waals surface area contributed by atoms with Gasteiger partial charge >= 0.3 is 5.97 Å². The number of nitrogens with one attached hydrogen (secondary N) is 1. The predicted octanol–water partition coefficient (Wildman–Crippen LogP) is 4.01. The third-order valence-corrected chi connectivity index (χ3v) is 4.51. The lowest BCUT2D eigenvalue weighted by atomic mass is 10.0. The first-order chi connectivity index (χ1) is 13.2. The standard InChI is InChI=1S/C21H16N2O3S/c22-13-15-1-3-16(4-2-15)17-5-7-19(8-6-17)26-20(24)9-11-23-21(25)18-10-12-27-14-18/h1-8,10,12,14H,9,11H2,(H,23,25). The minimum atomic E-state index is -0.410. The first-order valence-corrected chi connectivity index (χ1v) is 9.21. The summed E-state index contributed by atoms with van der Waals surface area (Å²) in [6, 6.07) is 18.2. The highest BCUT2D eigenvalue weighted by Crippen LogP contribution is 2.23. The average molecular weight is 376 g/mol. The molecule has 1 N–H and O–H groups in total. The average Bonchev–Trinajstić information content (AvgIpc) is 3.23. The summed E-state index contributed by atoms with van der Waals surface area (Å²) in [5.41, 5.74) is 3.13. The number of benzene rings is 2. The minimum absolute atomic E-state index is 0.0905. The Hall–Kier alpha value is -3.43. The SMILES string of the molecule is N#Cc1ccc(-c2ccc(OC(=O)CCNC(=O)c3ccsc3)cc2)cc1. The van der Waals surface area contributed by atoms with Crippen LogP contribution in [-0.4, -0.2) is 18.4 Å². The Morgan fingerprint density at radius 2 is 1.67 bits per heavy atom. The molecule has 134 valence electrons. The fraction of sp³-hybridized carbons (Fsp3) is 0.0952. The first kappa shape index (κ1) is 18.4. The van der Waals surface area contributed by atoms with Crippen LogP contribution in [0.25, 0.3) is 11.1 Å². The number of amides is 1. The summed E-state index contributed by atoms with van der Waals surface area (Å²) in [6.45, 7) is 0.219. The van der Waals surface area contributed by atoms with Crippen LogP contribution >= 0.6 is 11.3 Å². The number of hydrogen-bond acceptors (Lipinski definition) is 5. The molecule has 0 unspecified atom stereocenters. The van der Waals surface area contributed by atoms with Gasteiger partial charge in [0, 0.05) is 17.5 Å². The van der Waals surface area contributed by atoms with Gasteiger partial charge in [-0.2, -0.15) is 16.6 Å². The van der Waals surface area contributed by atoms with Crippen LogP contribution < -0.4 is 10.1 Å². The molecular formula is C21H16N2O3S. The first-order valence-electron chi connectivity index (χ1n) is 8.27. The van der Waals surface area contributed by atoms with Crippen LogP contribution in [0.15, 0.2) is 65.4 Å². The number of hydrogen-bond donors (Lipinski definition) is 1. The number of esters is 1. The molecule has 5 nitrogen and oxygen atoms in total. The van der Waals surface area contributed by atoms with E-state index >= 15 is 0 Å². The number of nitriles is 1. The zero-order valence-corrected chi connectivity index (χ0v) is 15.2. The number of carbonyl (C=O) groups excluding carboxylic acids is 2. The Bertz CT molecular complexity index is 956. The quantitative estimate of drug-likeness (QED) is 0.521. The van der Waals surface area contributed by atoms with Crippen molar-refractivity contribution in [1.82, 2.24) is 5.32 Å². The van der Waals surface area contributed by atoms with Crippen molar-refractivity contribution in [2.45, 2.75) is 6.42 Å². The molecule has 27 heavy (non-hydrogen) atoms. The Balaban J connectivity index is 1.49. The van der Waals surface area contributed by atoms with Crippen molar-refractivity contribution in [2.75, 3.05) is 6.54 Å². The summed E-state index contributed by atoms with van der Waals surface area (Å²) in [7, 11) is 0. The van der Waals surface area contributed by atoms with Gasteiger partial charge in [-0.1, -0.05) is 24.3 Å². The number of nitrogens with zero attached hydrogens (tertiary/aromatic N) is 1. The number of ether oxygens (including phenoxy) is 1. The maximum atomic E-state index is 11.9. The highest BCUT2D eigenvalue weighted by molar-refractivity contribution is 7.08. The second kappa shape index (κ2) is 8.79. The van der Waals surface area contributed by atoms with Crippen molar-refractivity contribution in [3.05, 3.63) is 76.5 Å². The summed E-state index contributed by atoms with van der Waals surface area (Å²) < 4.78 is 5.28. The lowest BCUT2D eigenvalue weighted by Crippen LogP contribution is -2.26. The molecule has 0 aliphatic rings. The topological polar surface area (TPSA) is 79.2 Å². The van der Waals surface area contributed by atoms with E-state index in [1.165, 1.54) is 11.3 Å². The molecule has 0 spiro atoms. The largest absolute Gasteiger partial charge is 0.426 e. The highest BCUT2D eigenvalue weighted by atomic mass is 32.1. The van der Waals surface area contributed by atoms with Gasteiger partial charge in [0.15, 0.2) is 0 Å². The minimum Gasteiger partial charge on any atom is -0.426 e. The van der Waals surface area contributed by atoms with Crippen molar-refractivity contribution in [3.8, 4) is 22.9 Å². The molecule has 0 saturated carbocycles. The summed E-state index contributed by atoms with van der Waals surface area (Å²) in [4.78, 5) is 23.7. The molecule has 1 heterocycles. The van der Waals surface area contributed by atoms with Gasteiger partial charge in [-0.3, -0.25) is 9.59 Å². The molecule has 1 amide bonds. The fourth-order valence-corrected chi connectivity index (χ4v) is 3.04. The van der Waals surface area contributed by atoms with E-state index in [1.807, 2.05) is 29.6 Å². The van der Waals surface area contributed by atoms with Crippen LogP contribution in [0.4, 0.5) is 0 Å². The van der Waals surface area contributed by atoms with E-state index in [2.05, 4.69) is 11.4 Å². The molecule has 6 heteroatoms. The third kappa shape index (κ3) is 5.03. The van der Waals surface area contributed by atoms with Gasteiger partial charge in [0.25, 0.3) is 5.91 Å². The monoisotopic (exact) mass is 376 g/mol. The molecule has 3 aromatic rings. The Labute approximate surface area is 160 Å². The molecule has 0 aliphatic carbocycles. The lowest BCUT2D eigenvalue weighted by molar-refractivity contribution is -0.134. The van der Waals surface area contributed by atoms with Crippen molar-refractivity contribution in [3.63, 3.8) is 0 Å². The van der Waals surface area contributed by atoms with E-state index < -0.39 is 5.97 Å². The maximum Gasteiger partial charge on any atom is 0.312 e. The van der Waals surface area contributed by atoms with Crippen LogP contribution in [0.2, 0.25) is 0 Å². The van der Waals surface area contributed by atoms with Crippen molar-refractivity contribution in [1.29, 1.82) is 5.26 Å². The van der Waals surface area contributed by atoms with Gasteiger partial charge in [-0.15, -0.1) is 0 Å². The molecule has 3 rings (SSSR count). The van der Waals surface area contributed by atoms with Crippen LogP contribution in [0, 0.1) is 11.3 Å². The molecule has 0 aliphatic heterocycles. The number of thiophene rings is 1. The number of carbonyl (C=O) groups is 2. The summed E-state index contributed by atoms with van der Waals surface area (Å²) in [5.74, 6) is -0.163. The normalized spacial score (nSPS) is 10.0. The highest BCUT2D eigenvalue weighted by Gasteiger charge is 2.09. The smallest absolute Gasteiger partial charge is 0.312 e. The van der Waals surface area contributed by atoms with Gasteiger partial charge in [-0.25, -0.2) is 0 Å². The molecule has 0 atom stereocenters. The lowest BCUT2D eigenvalue weighted by Gasteiger charge is -2.07. The van der Waals surface area contributed by atoms with E-state index in [-0.39, 0.29) is 18.9 Å². The van der Waals surface area contributed by atoms with Gasteiger partial charge in [0.05, 0.1) is 18.1 Å². The number of rotatable bonds is 6. The van der Waals surface area contributed by atoms with E-state index in [0.29, 0.717) is 16.9 Å². The van der Waals surface area contributed by atoms with Crippen LogP contribution in [0.1, 0.15) is 22.3 Å². The zero-order valence-electron chi connectivity index (χ0n) is 14.3. The molecule has 0 fully saturated rings. The predicted molar refractivity (Wildman–Crippen MR) is 103 cm³/mol. The molecular weight excluding hydrogens is 360 g/mol. The maximum absolute atomic E-state index is 11.9. The van der Waals surface area contributed by atoms with Crippen molar-refractivity contribution in [2.24, 2.45) is 0 Å². The van der Waals surface area contributed by atoms with Crippen molar-refractivity contribution < 1.29 is 14.3 Å². The van der Waals surface area contributed by atoms with E-state index in [9.17, 15) is 9.59 Å². The fourth-order valence-electron chi connectivity index (χ4n) is 2.41. The van der Waals surface area contributed by atoms with E-state index in [4.69, 9.17) is 10.00 Å². The Morgan fingerprint density at radius 3 is 2.26 bits per heavy atom. The second-order valence-electron chi connectivity index (χ2n) is 5.71. The molecule has 0 bridgehead atoms. The zero-order chi connectivity index (χ0) is 19.1. The summed E-state index contributed by atoms with van der Waals surface area (Å²) in [6.07, 6.45) is 0.0905. The van der Waals surface area contributed by atoms with Gasteiger partial charge in [-0.05, 0) is 46.8 Å². The van der Waals surface area contributed by atoms with Gasteiger partial charge in [0.2, 0.25) is 0 Å². The Morgan fingerprint density at radius 1 is 1.00 bits per heavy atom. The van der Waals surface area contributed by atoms with Crippen LogP contribution in [0.5, 0.6) is 5.75 Å². The summed E-state index contributed by atoms with van der Waals surface area (Å²) >= 11 is 1.44. The van der Waals surface area contributed by atoms with Gasteiger partial charge in [0.1, 0.15) is 5.75 Å². The van der Waals surface area contributed by atoms with Crippen LogP contribution in [-0.2, 0) is 4.79 Å².